The van der Waals surface area contributed by atoms with Crippen molar-refractivity contribution in [3.63, 3.8) is 0 Å². The van der Waals surface area contributed by atoms with E-state index >= 15 is 0 Å². The lowest BCUT2D eigenvalue weighted by Crippen LogP contribution is -2.68. The zero-order valence-electron chi connectivity index (χ0n) is 19.8. The number of hydrogen-bond donors (Lipinski definition) is 2. The number of ether oxygens (including phenoxy) is 1. The van der Waals surface area contributed by atoms with Crippen molar-refractivity contribution in [3.05, 3.63) is 71.8 Å². The maximum absolute atomic E-state index is 11.7. The van der Waals surface area contributed by atoms with Gasteiger partial charge in [-0.2, -0.15) is 0 Å². The van der Waals surface area contributed by atoms with Gasteiger partial charge in [-0.05, 0) is 30.9 Å². The number of rotatable bonds is 11. The summed E-state index contributed by atoms with van der Waals surface area (Å²) >= 11 is 0. The molecular formula is C26H41N2O5S+. The summed E-state index contributed by atoms with van der Waals surface area (Å²) in [6, 6.07) is 19.3. The van der Waals surface area contributed by atoms with Crippen LogP contribution in [0, 0.1) is 5.92 Å². The molecule has 0 heterocycles. The van der Waals surface area contributed by atoms with Gasteiger partial charge in [0, 0.05) is 19.2 Å². The molecule has 0 aliphatic carbocycles. The third-order valence-electron chi connectivity index (χ3n) is 4.76. The number of amides is 1. The predicted molar refractivity (Wildman–Crippen MR) is 137 cm³/mol. The van der Waals surface area contributed by atoms with Crippen LogP contribution in [0.15, 0.2) is 60.7 Å². The largest absolute Gasteiger partial charge is 0.466 e. The van der Waals surface area contributed by atoms with Crippen LogP contribution in [0.5, 0.6) is 0 Å². The number of nitrogens with one attached hydrogen (secondary N) is 1. The van der Waals surface area contributed by atoms with E-state index in [4.69, 9.17) is 4.74 Å². The minimum Gasteiger partial charge on any atom is -0.466 e. The quantitative estimate of drug-likeness (QED) is 0.368. The van der Waals surface area contributed by atoms with E-state index in [1.165, 1.54) is 11.8 Å². The molecule has 2 unspecified atom stereocenters. The first kappa shape index (κ1) is 31.3. The lowest BCUT2D eigenvalue weighted by Gasteiger charge is -2.09. The van der Waals surface area contributed by atoms with Crippen molar-refractivity contribution in [1.29, 1.82) is 0 Å². The Labute approximate surface area is 205 Å². The van der Waals surface area contributed by atoms with Crippen LogP contribution in [0.4, 0.5) is 0 Å². The Morgan fingerprint density at radius 2 is 1.47 bits per heavy atom. The highest BCUT2D eigenvalue weighted by Gasteiger charge is 2.17. The Morgan fingerprint density at radius 3 is 1.94 bits per heavy atom. The van der Waals surface area contributed by atoms with E-state index < -0.39 is 9.84 Å². The van der Waals surface area contributed by atoms with Gasteiger partial charge in [0.25, 0.3) is 5.91 Å². The summed E-state index contributed by atoms with van der Waals surface area (Å²) in [6.07, 6.45) is 2.95. The average molecular weight is 494 g/mol. The van der Waals surface area contributed by atoms with Crippen LogP contribution in [-0.4, -0.2) is 51.5 Å². The number of quaternary nitrogens is 1. The molecule has 2 aromatic rings. The maximum Gasteiger partial charge on any atom is 0.308 e. The van der Waals surface area contributed by atoms with Crippen molar-refractivity contribution in [3.8, 4) is 0 Å². The first-order chi connectivity index (χ1) is 15.6. The number of hydrogen-bond acceptors (Lipinski definition) is 5. The summed E-state index contributed by atoms with van der Waals surface area (Å²) in [5.41, 5.74) is 6.07. The van der Waals surface area contributed by atoms with Gasteiger partial charge in [-0.25, -0.2) is 8.42 Å². The standard InChI is InChI=1S/C13H20N2O3S.C12H16O2.CH4/c1-19(17,18)9-5-8-15-13(16)12(14)10-11-6-3-2-4-7-11;1-3-14-12(13)10(2)9-11-7-5-4-6-8-11;/h2-4,6-7,12H,5,8-10,14H2,1H3,(H,15,16);4-8,10H,3,9H2,1-2H3;1H4/p+1. The minimum absolute atomic E-state index is 0. The smallest absolute Gasteiger partial charge is 0.308 e. The molecule has 2 atom stereocenters. The number of esters is 1. The van der Waals surface area contributed by atoms with Crippen LogP contribution in [0.3, 0.4) is 0 Å². The summed E-state index contributed by atoms with van der Waals surface area (Å²) in [5.74, 6) is -0.223. The van der Waals surface area contributed by atoms with Crippen LogP contribution >= 0.6 is 0 Å². The lowest BCUT2D eigenvalue weighted by atomic mass is 10.0. The second kappa shape index (κ2) is 16.8. The van der Waals surface area contributed by atoms with E-state index in [1.807, 2.05) is 74.5 Å². The van der Waals surface area contributed by atoms with Gasteiger partial charge in [0.2, 0.25) is 0 Å². The molecule has 0 spiro atoms. The van der Waals surface area contributed by atoms with Crippen molar-refractivity contribution in [2.75, 3.05) is 25.2 Å². The van der Waals surface area contributed by atoms with Crippen LogP contribution < -0.4 is 11.1 Å². The molecular weight excluding hydrogens is 452 g/mol. The number of sulfone groups is 1. The highest BCUT2D eigenvalue weighted by Crippen LogP contribution is 2.09. The molecule has 0 radical (unpaired) electrons. The van der Waals surface area contributed by atoms with Gasteiger partial charge in [-0.3, -0.25) is 9.59 Å². The summed E-state index contributed by atoms with van der Waals surface area (Å²) in [6.45, 7) is 4.54. The third-order valence-corrected chi connectivity index (χ3v) is 5.79. The second-order valence-electron chi connectivity index (χ2n) is 8.00. The van der Waals surface area contributed by atoms with Crippen LogP contribution in [0.25, 0.3) is 0 Å². The van der Waals surface area contributed by atoms with Gasteiger partial charge < -0.3 is 15.8 Å². The number of carbonyl (C=O) groups is 2. The molecule has 0 fully saturated rings. The molecule has 0 aliphatic rings. The fraction of sp³-hybridized carbons (Fsp3) is 0.462. The molecule has 34 heavy (non-hydrogen) atoms. The van der Waals surface area contributed by atoms with E-state index in [0.29, 0.717) is 26.0 Å². The molecule has 2 aromatic carbocycles. The molecule has 1 amide bonds. The predicted octanol–water partition coefficient (Wildman–Crippen LogP) is 2.45. The molecule has 8 heteroatoms. The van der Waals surface area contributed by atoms with E-state index in [1.54, 1.807) is 0 Å². The molecule has 4 N–H and O–H groups in total. The molecule has 190 valence electrons. The molecule has 0 saturated heterocycles. The molecule has 7 nitrogen and oxygen atoms in total. The van der Waals surface area contributed by atoms with E-state index in [9.17, 15) is 18.0 Å². The fourth-order valence-corrected chi connectivity index (χ4v) is 3.69. The van der Waals surface area contributed by atoms with Crippen LogP contribution in [0.1, 0.15) is 38.8 Å². The summed E-state index contributed by atoms with van der Waals surface area (Å²) in [7, 11) is -2.96. The second-order valence-corrected chi connectivity index (χ2v) is 10.3. The Morgan fingerprint density at radius 1 is 0.971 bits per heavy atom. The maximum atomic E-state index is 11.7. The van der Waals surface area contributed by atoms with E-state index in [0.717, 1.165) is 12.0 Å². The number of benzene rings is 2. The Kier molecular flexibility index (Phi) is 15.5. The molecule has 0 aliphatic heterocycles. The van der Waals surface area contributed by atoms with Gasteiger partial charge in [-0.15, -0.1) is 0 Å². The van der Waals surface area contributed by atoms with E-state index in [-0.39, 0.29) is 37.0 Å². The van der Waals surface area contributed by atoms with Gasteiger partial charge in [0.15, 0.2) is 6.04 Å². The topological polar surface area (TPSA) is 117 Å². The Hall–Kier alpha value is -2.71. The monoisotopic (exact) mass is 493 g/mol. The normalized spacial score (nSPS) is 12.2. The first-order valence-corrected chi connectivity index (χ1v) is 13.2. The van der Waals surface area contributed by atoms with Gasteiger partial charge in [-0.1, -0.05) is 75.0 Å². The van der Waals surface area contributed by atoms with E-state index in [2.05, 4.69) is 11.1 Å². The van der Waals surface area contributed by atoms with Crippen molar-refractivity contribution in [2.24, 2.45) is 5.92 Å². The molecule has 0 saturated carbocycles. The highest BCUT2D eigenvalue weighted by molar-refractivity contribution is 7.90. The van der Waals surface area contributed by atoms with Crippen LogP contribution in [-0.2, 0) is 37.0 Å². The third kappa shape index (κ3) is 14.4. The van der Waals surface area contributed by atoms with Crippen molar-refractivity contribution in [2.45, 2.75) is 46.6 Å². The van der Waals surface area contributed by atoms with Crippen molar-refractivity contribution in [1.82, 2.24) is 5.32 Å². The van der Waals surface area contributed by atoms with Gasteiger partial charge in [0.05, 0.1) is 18.3 Å². The molecule has 2 rings (SSSR count). The molecule has 0 bridgehead atoms. The summed E-state index contributed by atoms with van der Waals surface area (Å²) < 4.78 is 26.8. The average Bonchev–Trinajstić information content (AvgIpc) is 2.78. The lowest BCUT2D eigenvalue weighted by molar-refractivity contribution is -0.403. The van der Waals surface area contributed by atoms with Crippen LogP contribution in [0.2, 0.25) is 0 Å². The SMILES string of the molecule is C.CCOC(=O)C(C)Cc1ccccc1.CS(=O)(=O)CCCNC(=O)C([NH3+])Cc1ccccc1. The van der Waals surface area contributed by atoms with Gasteiger partial charge >= 0.3 is 5.97 Å². The highest BCUT2D eigenvalue weighted by atomic mass is 32.2. The minimum atomic E-state index is -2.96. The fourth-order valence-electron chi connectivity index (χ4n) is 3.02. The van der Waals surface area contributed by atoms with Crippen molar-refractivity contribution >= 4 is 21.7 Å². The zero-order valence-corrected chi connectivity index (χ0v) is 20.6. The zero-order chi connectivity index (χ0) is 24.7. The summed E-state index contributed by atoms with van der Waals surface area (Å²) in [5, 5.41) is 2.71. The summed E-state index contributed by atoms with van der Waals surface area (Å²) in [4.78, 5) is 23.1. The molecule has 0 aromatic heterocycles. The van der Waals surface area contributed by atoms with Gasteiger partial charge in [0.1, 0.15) is 9.84 Å². The van der Waals surface area contributed by atoms with Crippen molar-refractivity contribution < 1.29 is 28.5 Å². The number of carbonyl (C=O) groups excluding carboxylic acids is 2. The Balaban J connectivity index is 0.000000649. The Bertz CT molecular complexity index is 934. The first-order valence-electron chi connectivity index (χ1n) is 11.1.